The molecule has 0 saturated carbocycles. The third kappa shape index (κ3) is 6.04. The summed E-state index contributed by atoms with van der Waals surface area (Å²) in [6.45, 7) is 5.59. The number of hydrogen-bond acceptors (Lipinski definition) is 3. The van der Waals surface area contributed by atoms with Crippen molar-refractivity contribution >= 4 is 21.8 Å². The molecule has 2 rings (SSSR count). The van der Waals surface area contributed by atoms with Gasteiger partial charge in [0.15, 0.2) is 0 Å². The highest BCUT2D eigenvalue weighted by atomic mass is 32.2. The molecule has 0 amide bonds. The quantitative estimate of drug-likeness (QED) is 0.477. The number of hydrogen-bond donors (Lipinski definition) is 1. The van der Waals surface area contributed by atoms with Gasteiger partial charge >= 0.3 is 0 Å². The molecule has 0 bridgehead atoms. The van der Waals surface area contributed by atoms with Crippen molar-refractivity contribution in [2.45, 2.75) is 25.7 Å². The van der Waals surface area contributed by atoms with Crippen LogP contribution in [-0.4, -0.2) is 14.1 Å². The molecule has 0 heterocycles. The van der Waals surface area contributed by atoms with Crippen molar-refractivity contribution in [3.8, 4) is 0 Å². The molecule has 0 spiro atoms. The highest BCUT2D eigenvalue weighted by molar-refractivity contribution is 7.89. The van der Waals surface area contributed by atoms with E-state index in [-0.39, 0.29) is 4.90 Å². The zero-order valence-electron chi connectivity index (χ0n) is 14.6. The Morgan fingerprint density at radius 3 is 2.28 bits per heavy atom. The van der Waals surface area contributed by atoms with Gasteiger partial charge < -0.3 is 0 Å². The molecule has 0 radical (unpaired) electrons. The summed E-state index contributed by atoms with van der Waals surface area (Å²) >= 11 is 0. The van der Waals surface area contributed by atoms with Crippen LogP contribution in [0.4, 0.5) is 0 Å². The lowest BCUT2D eigenvalue weighted by molar-refractivity contribution is 0.584. The third-order valence-corrected chi connectivity index (χ3v) is 4.67. The van der Waals surface area contributed by atoms with E-state index < -0.39 is 10.0 Å². The smallest absolute Gasteiger partial charge is 0.200 e. The first-order valence-corrected chi connectivity index (χ1v) is 9.39. The van der Waals surface area contributed by atoms with Crippen molar-refractivity contribution in [3.05, 3.63) is 83.4 Å². The number of benzene rings is 2. The topological polar surface area (TPSA) is 58.5 Å². The number of rotatable bonds is 6. The second-order valence-electron chi connectivity index (χ2n) is 5.79. The summed E-state index contributed by atoms with van der Waals surface area (Å²) in [4.78, 5) is 2.46. The van der Waals surface area contributed by atoms with Gasteiger partial charge in [-0.2, -0.15) is 18.4 Å². The van der Waals surface area contributed by atoms with E-state index in [1.54, 1.807) is 31.2 Å². The van der Waals surface area contributed by atoms with Crippen LogP contribution in [0.25, 0.3) is 6.08 Å². The van der Waals surface area contributed by atoms with Crippen molar-refractivity contribution in [1.82, 2.24) is 4.83 Å². The van der Waals surface area contributed by atoms with Crippen LogP contribution in [-0.2, 0) is 10.0 Å². The summed E-state index contributed by atoms with van der Waals surface area (Å²) in [7, 11) is -3.65. The summed E-state index contributed by atoms with van der Waals surface area (Å²) in [6, 6.07) is 16.6. The Labute approximate surface area is 149 Å². The van der Waals surface area contributed by atoms with Crippen LogP contribution in [0.3, 0.4) is 0 Å². The number of allylic oxidation sites excluding steroid dienone is 3. The number of hydrazone groups is 1. The maximum Gasteiger partial charge on any atom is 0.276 e. The average molecular weight is 354 g/mol. The second kappa shape index (κ2) is 8.44. The highest BCUT2D eigenvalue weighted by Gasteiger charge is 2.11. The first-order chi connectivity index (χ1) is 11.9. The molecule has 0 atom stereocenters. The molecule has 2 aromatic rings. The Balaban J connectivity index is 2.05. The molecule has 0 aliphatic carbocycles. The molecule has 0 aliphatic rings. The Morgan fingerprint density at radius 1 is 1.00 bits per heavy atom. The molecule has 130 valence electrons. The number of nitrogens with one attached hydrogen (secondary N) is 1. The normalized spacial score (nSPS) is 13.2. The van der Waals surface area contributed by atoms with E-state index in [4.69, 9.17) is 0 Å². The molecule has 2 aromatic carbocycles. The average Bonchev–Trinajstić information content (AvgIpc) is 2.60. The van der Waals surface area contributed by atoms with E-state index in [0.717, 1.165) is 16.7 Å². The van der Waals surface area contributed by atoms with Crippen LogP contribution >= 0.6 is 0 Å². The summed E-state index contributed by atoms with van der Waals surface area (Å²) in [5, 5.41) is 3.96. The van der Waals surface area contributed by atoms with Gasteiger partial charge in [0.05, 0.1) is 10.6 Å². The standard InChI is InChI=1S/C20H22N2O2S/c1-16-10-13-20(14-11-16)25(23,24)22-21-18(3)15-17(2)9-12-19-7-5-4-6-8-19/h4-15,22H,1-3H3/b12-9+,17-15+,21-18-. The van der Waals surface area contributed by atoms with Crippen LogP contribution in [0.5, 0.6) is 0 Å². The molecule has 1 N–H and O–H groups in total. The van der Waals surface area contributed by atoms with Crippen molar-refractivity contribution in [3.63, 3.8) is 0 Å². The zero-order chi connectivity index (χ0) is 18.3. The fourth-order valence-corrected chi connectivity index (χ4v) is 2.97. The molecule has 0 aliphatic heterocycles. The molecule has 0 unspecified atom stereocenters. The molecular formula is C20H22N2O2S. The van der Waals surface area contributed by atoms with Crippen molar-refractivity contribution < 1.29 is 8.42 Å². The van der Waals surface area contributed by atoms with E-state index in [1.165, 1.54) is 0 Å². The molecule has 0 aromatic heterocycles. The molecule has 5 heteroatoms. The Morgan fingerprint density at radius 2 is 1.64 bits per heavy atom. The minimum absolute atomic E-state index is 0.194. The van der Waals surface area contributed by atoms with Gasteiger partial charge in [-0.25, -0.2) is 0 Å². The van der Waals surface area contributed by atoms with E-state index in [0.29, 0.717) is 5.71 Å². The molecule has 0 fully saturated rings. The van der Waals surface area contributed by atoms with E-state index >= 15 is 0 Å². The number of nitrogens with zero attached hydrogens (tertiary/aromatic N) is 1. The van der Waals surface area contributed by atoms with E-state index in [2.05, 4.69) is 9.93 Å². The summed E-state index contributed by atoms with van der Waals surface area (Å²) in [5.41, 5.74) is 3.65. The highest BCUT2D eigenvalue weighted by Crippen LogP contribution is 2.10. The van der Waals surface area contributed by atoms with E-state index in [1.807, 2.05) is 62.4 Å². The molecule has 25 heavy (non-hydrogen) atoms. The van der Waals surface area contributed by atoms with Crippen LogP contribution in [0.2, 0.25) is 0 Å². The van der Waals surface area contributed by atoms with Crippen molar-refractivity contribution in [2.24, 2.45) is 5.10 Å². The van der Waals surface area contributed by atoms with Crippen molar-refractivity contribution in [2.75, 3.05) is 0 Å². The molecule has 0 saturated heterocycles. The maximum absolute atomic E-state index is 12.2. The van der Waals surface area contributed by atoms with Gasteiger partial charge in [-0.3, -0.25) is 0 Å². The van der Waals surface area contributed by atoms with Crippen LogP contribution in [0, 0.1) is 6.92 Å². The Hall–Kier alpha value is -2.66. The van der Waals surface area contributed by atoms with Gasteiger partial charge in [-0.15, -0.1) is 0 Å². The van der Waals surface area contributed by atoms with Gasteiger partial charge in [-0.1, -0.05) is 60.2 Å². The maximum atomic E-state index is 12.2. The zero-order valence-corrected chi connectivity index (χ0v) is 15.4. The van der Waals surface area contributed by atoms with E-state index in [9.17, 15) is 8.42 Å². The Bertz CT molecular complexity index is 894. The Kier molecular flexibility index (Phi) is 6.31. The number of aryl methyl sites for hydroxylation is 1. The van der Waals surface area contributed by atoms with Crippen LogP contribution < -0.4 is 4.83 Å². The lowest BCUT2D eigenvalue weighted by Gasteiger charge is -2.04. The first kappa shape index (κ1) is 18.7. The van der Waals surface area contributed by atoms with Gasteiger partial charge in [-0.05, 0) is 50.1 Å². The monoisotopic (exact) mass is 354 g/mol. The van der Waals surface area contributed by atoms with Gasteiger partial charge in [0.2, 0.25) is 0 Å². The SMILES string of the molecule is CC(/C=C(C)/C=C/c1ccccc1)=N/NS(=O)(=O)c1ccc(C)cc1. The second-order valence-corrected chi connectivity index (χ2v) is 7.45. The third-order valence-electron chi connectivity index (χ3n) is 3.45. The van der Waals surface area contributed by atoms with Crippen LogP contribution in [0.1, 0.15) is 25.0 Å². The van der Waals surface area contributed by atoms with Crippen molar-refractivity contribution in [1.29, 1.82) is 0 Å². The van der Waals surface area contributed by atoms with Gasteiger partial charge in [0.25, 0.3) is 10.0 Å². The molecular weight excluding hydrogens is 332 g/mol. The predicted octanol–water partition coefficient (Wildman–Crippen LogP) is 4.31. The van der Waals surface area contributed by atoms with Gasteiger partial charge in [0.1, 0.15) is 0 Å². The minimum atomic E-state index is -3.65. The fourth-order valence-electron chi connectivity index (χ4n) is 2.10. The summed E-state index contributed by atoms with van der Waals surface area (Å²) < 4.78 is 24.4. The summed E-state index contributed by atoms with van der Waals surface area (Å²) in [5.74, 6) is 0. The minimum Gasteiger partial charge on any atom is -0.200 e. The largest absolute Gasteiger partial charge is 0.276 e. The lowest BCUT2D eigenvalue weighted by atomic mass is 10.1. The number of sulfonamides is 1. The van der Waals surface area contributed by atoms with Gasteiger partial charge in [0, 0.05) is 0 Å². The van der Waals surface area contributed by atoms with Crippen LogP contribution in [0.15, 0.2) is 82.3 Å². The summed E-state index contributed by atoms with van der Waals surface area (Å²) in [6.07, 6.45) is 5.77. The first-order valence-electron chi connectivity index (χ1n) is 7.91. The molecule has 4 nitrogen and oxygen atoms in total. The predicted molar refractivity (Wildman–Crippen MR) is 104 cm³/mol. The fraction of sp³-hybridized carbons (Fsp3) is 0.150. The lowest BCUT2D eigenvalue weighted by Crippen LogP contribution is -2.19.